The van der Waals surface area contributed by atoms with Crippen LogP contribution in [-0.4, -0.2) is 30.6 Å². The van der Waals surface area contributed by atoms with Crippen molar-refractivity contribution in [2.24, 2.45) is 23.5 Å². The van der Waals surface area contributed by atoms with E-state index in [9.17, 15) is 0 Å². The molecule has 2 heteroatoms. The van der Waals surface area contributed by atoms with Crippen LogP contribution in [0.25, 0.3) is 0 Å². The molecule has 0 aromatic heterocycles. The maximum absolute atomic E-state index is 6.36. The fourth-order valence-electron chi connectivity index (χ4n) is 3.63. The van der Waals surface area contributed by atoms with Crippen molar-refractivity contribution in [2.45, 2.75) is 58.4 Å². The number of hydrogen-bond acceptors (Lipinski definition) is 2. The number of piperidine rings is 1. The summed E-state index contributed by atoms with van der Waals surface area (Å²) in [5.74, 6) is 2.63. The van der Waals surface area contributed by atoms with E-state index in [1.54, 1.807) is 0 Å². The first kappa shape index (κ1) is 13.4. The number of nitrogens with two attached hydrogens (primary N) is 1. The molecule has 0 spiro atoms. The molecular formula is C15H30N2. The minimum atomic E-state index is 0.438. The van der Waals surface area contributed by atoms with Crippen LogP contribution >= 0.6 is 0 Å². The van der Waals surface area contributed by atoms with Crippen LogP contribution < -0.4 is 5.73 Å². The Morgan fingerprint density at radius 1 is 1.00 bits per heavy atom. The predicted molar refractivity (Wildman–Crippen MR) is 73.9 cm³/mol. The van der Waals surface area contributed by atoms with Gasteiger partial charge in [-0.3, -0.25) is 0 Å². The lowest BCUT2D eigenvalue weighted by Gasteiger charge is -2.36. The van der Waals surface area contributed by atoms with Crippen molar-refractivity contribution in [3.05, 3.63) is 0 Å². The Balaban J connectivity index is 1.70. The summed E-state index contributed by atoms with van der Waals surface area (Å²) in [6, 6.07) is 0.438. The first-order valence-electron chi connectivity index (χ1n) is 7.64. The number of rotatable bonds is 4. The lowest BCUT2D eigenvalue weighted by molar-refractivity contribution is 0.142. The predicted octanol–water partition coefficient (Wildman–Crippen LogP) is 2.87. The van der Waals surface area contributed by atoms with Crippen LogP contribution in [0.1, 0.15) is 52.4 Å². The van der Waals surface area contributed by atoms with E-state index in [1.165, 1.54) is 51.6 Å². The van der Waals surface area contributed by atoms with Crippen LogP contribution in [0.3, 0.4) is 0 Å². The fourth-order valence-corrected chi connectivity index (χ4v) is 3.63. The molecule has 2 nitrogen and oxygen atoms in total. The topological polar surface area (TPSA) is 29.3 Å². The molecule has 17 heavy (non-hydrogen) atoms. The summed E-state index contributed by atoms with van der Waals surface area (Å²) in [6.07, 6.45) is 8.35. The van der Waals surface area contributed by atoms with Gasteiger partial charge in [-0.2, -0.15) is 0 Å². The van der Waals surface area contributed by atoms with Crippen LogP contribution in [0.5, 0.6) is 0 Å². The van der Waals surface area contributed by atoms with Crippen LogP contribution in [0.2, 0.25) is 0 Å². The van der Waals surface area contributed by atoms with E-state index in [4.69, 9.17) is 5.73 Å². The maximum Gasteiger partial charge on any atom is 0.0196 e. The Labute approximate surface area is 107 Å². The highest BCUT2D eigenvalue weighted by atomic mass is 15.1. The second-order valence-electron chi connectivity index (χ2n) is 6.59. The first-order chi connectivity index (χ1) is 8.16. The zero-order valence-electron chi connectivity index (χ0n) is 11.7. The molecule has 1 aliphatic heterocycles. The van der Waals surface area contributed by atoms with Gasteiger partial charge in [-0.05, 0) is 56.5 Å². The monoisotopic (exact) mass is 238 g/mol. The van der Waals surface area contributed by atoms with Crippen LogP contribution in [0.4, 0.5) is 0 Å². The Kier molecular flexibility index (Phi) is 4.87. The molecule has 2 fully saturated rings. The standard InChI is InChI=1S/C15H30N2/c1-12(2)13-7-9-17(10-8-13)11-15(16)14-5-3-4-6-14/h12-15H,3-11,16H2,1-2H3. The van der Waals surface area contributed by atoms with Crippen molar-refractivity contribution in [3.63, 3.8) is 0 Å². The van der Waals surface area contributed by atoms with Gasteiger partial charge in [-0.1, -0.05) is 26.7 Å². The summed E-state index contributed by atoms with van der Waals surface area (Å²) < 4.78 is 0. The van der Waals surface area contributed by atoms with Gasteiger partial charge in [0.05, 0.1) is 0 Å². The molecule has 0 radical (unpaired) electrons. The number of likely N-dealkylation sites (tertiary alicyclic amines) is 1. The third-order valence-electron chi connectivity index (χ3n) is 5.05. The second-order valence-corrected chi connectivity index (χ2v) is 6.59. The van der Waals surface area contributed by atoms with Gasteiger partial charge in [0.2, 0.25) is 0 Å². The molecule has 0 aromatic carbocycles. The molecule has 2 N–H and O–H groups in total. The summed E-state index contributed by atoms with van der Waals surface area (Å²) in [5, 5.41) is 0. The minimum absolute atomic E-state index is 0.438. The van der Waals surface area contributed by atoms with Crippen molar-refractivity contribution in [1.82, 2.24) is 4.90 Å². The van der Waals surface area contributed by atoms with Gasteiger partial charge in [0.25, 0.3) is 0 Å². The average molecular weight is 238 g/mol. The first-order valence-corrected chi connectivity index (χ1v) is 7.64. The highest BCUT2D eigenvalue weighted by Gasteiger charge is 2.26. The summed E-state index contributed by atoms with van der Waals surface area (Å²) >= 11 is 0. The highest BCUT2D eigenvalue weighted by molar-refractivity contribution is 4.83. The van der Waals surface area contributed by atoms with Gasteiger partial charge in [0.15, 0.2) is 0 Å². The van der Waals surface area contributed by atoms with Gasteiger partial charge in [-0.15, -0.1) is 0 Å². The molecule has 1 heterocycles. The normalized spacial score (nSPS) is 26.8. The van der Waals surface area contributed by atoms with E-state index >= 15 is 0 Å². The summed E-state index contributed by atoms with van der Waals surface area (Å²) in [5.41, 5.74) is 6.36. The average Bonchev–Trinajstić information content (AvgIpc) is 2.83. The van der Waals surface area contributed by atoms with Crippen molar-refractivity contribution in [2.75, 3.05) is 19.6 Å². The molecular weight excluding hydrogens is 208 g/mol. The molecule has 0 aromatic rings. The summed E-state index contributed by atoms with van der Waals surface area (Å²) in [4.78, 5) is 2.61. The molecule has 1 unspecified atom stereocenters. The minimum Gasteiger partial charge on any atom is -0.326 e. The van der Waals surface area contributed by atoms with Gasteiger partial charge in [0, 0.05) is 12.6 Å². The third-order valence-corrected chi connectivity index (χ3v) is 5.05. The zero-order valence-corrected chi connectivity index (χ0v) is 11.7. The van der Waals surface area contributed by atoms with E-state index in [-0.39, 0.29) is 0 Å². The van der Waals surface area contributed by atoms with E-state index in [2.05, 4.69) is 18.7 Å². The van der Waals surface area contributed by atoms with Gasteiger partial charge in [0.1, 0.15) is 0 Å². The molecule has 1 saturated carbocycles. The third kappa shape index (κ3) is 3.69. The number of nitrogens with zero attached hydrogens (tertiary/aromatic N) is 1. The summed E-state index contributed by atoms with van der Waals surface area (Å²) in [6.45, 7) is 8.44. The molecule has 2 rings (SSSR count). The van der Waals surface area contributed by atoms with E-state index in [0.717, 1.165) is 24.3 Å². The van der Waals surface area contributed by atoms with Crippen LogP contribution in [0, 0.1) is 17.8 Å². The Morgan fingerprint density at radius 2 is 1.59 bits per heavy atom. The maximum atomic E-state index is 6.36. The van der Waals surface area contributed by atoms with Gasteiger partial charge >= 0.3 is 0 Å². The lowest BCUT2D eigenvalue weighted by atomic mass is 9.86. The van der Waals surface area contributed by atoms with E-state index < -0.39 is 0 Å². The zero-order chi connectivity index (χ0) is 12.3. The Morgan fingerprint density at radius 3 is 2.12 bits per heavy atom. The molecule has 100 valence electrons. The van der Waals surface area contributed by atoms with Crippen molar-refractivity contribution < 1.29 is 0 Å². The molecule has 2 aliphatic rings. The fraction of sp³-hybridized carbons (Fsp3) is 1.00. The Bertz CT molecular complexity index is 213. The van der Waals surface area contributed by atoms with E-state index in [1.807, 2.05) is 0 Å². The largest absolute Gasteiger partial charge is 0.326 e. The lowest BCUT2D eigenvalue weighted by Crippen LogP contribution is -2.45. The second kappa shape index (κ2) is 6.19. The molecule has 1 aliphatic carbocycles. The van der Waals surface area contributed by atoms with Crippen molar-refractivity contribution in [3.8, 4) is 0 Å². The van der Waals surface area contributed by atoms with E-state index in [0.29, 0.717) is 6.04 Å². The molecule has 0 amide bonds. The van der Waals surface area contributed by atoms with Crippen molar-refractivity contribution >= 4 is 0 Å². The Hall–Kier alpha value is -0.0800. The highest BCUT2D eigenvalue weighted by Crippen LogP contribution is 2.29. The molecule has 1 atom stereocenters. The van der Waals surface area contributed by atoms with Crippen LogP contribution in [-0.2, 0) is 0 Å². The SMILES string of the molecule is CC(C)C1CCN(CC(N)C2CCCC2)CC1. The van der Waals surface area contributed by atoms with Crippen LogP contribution in [0.15, 0.2) is 0 Å². The smallest absolute Gasteiger partial charge is 0.0196 e. The number of hydrogen-bond donors (Lipinski definition) is 1. The summed E-state index contributed by atoms with van der Waals surface area (Å²) in [7, 11) is 0. The quantitative estimate of drug-likeness (QED) is 0.816. The van der Waals surface area contributed by atoms with Gasteiger partial charge < -0.3 is 10.6 Å². The van der Waals surface area contributed by atoms with Gasteiger partial charge in [-0.25, -0.2) is 0 Å². The van der Waals surface area contributed by atoms with Crippen molar-refractivity contribution in [1.29, 1.82) is 0 Å². The molecule has 1 saturated heterocycles. The molecule has 0 bridgehead atoms.